The first-order chi connectivity index (χ1) is 16.1. The molecular formula is C26H27NO7. The predicted molar refractivity (Wildman–Crippen MR) is 126 cm³/mol. The molecule has 0 saturated carbocycles. The summed E-state index contributed by atoms with van der Waals surface area (Å²) >= 11 is 0. The number of esters is 2. The molecule has 0 aromatic heterocycles. The second-order valence-corrected chi connectivity index (χ2v) is 8.89. The molecule has 3 unspecified atom stereocenters. The van der Waals surface area contributed by atoms with Crippen LogP contribution in [0.25, 0.3) is 6.08 Å². The van der Waals surface area contributed by atoms with Crippen molar-refractivity contribution in [1.82, 2.24) is 0 Å². The molecule has 8 nitrogen and oxygen atoms in total. The minimum absolute atomic E-state index is 0.0396. The Kier molecular flexibility index (Phi) is 7.63. The third-order valence-electron chi connectivity index (χ3n) is 5.79. The van der Waals surface area contributed by atoms with Crippen LogP contribution >= 0.6 is 0 Å². The third-order valence-corrected chi connectivity index (χ3v) is 5.79. The van der Waals surface area contributed by atoms with E-state index in [0.29, 0.717) is 23.1 Å². The summed E-state index contributed by atoms with van der Waals surface area (Å²) in [5.41, 5.74) is 0.888. The van der Waals surface area contributed by atoms with Gasteiger partial charge in [-0.25, -0.2) is 9.59 Å². The number of nitrogens with zero attached hydrogens (tertiary/aromatic N) is 1. The highest BCUT2D eigenvalue weighted by Crippen LogP contribution is 2.37. The van der Waals surface area contributed by atoms with E-state index in [4.69, 9.17) is 9.47 Å². The van der Waals surface area contributed by atoms with Gasteiger partial charge in [0.2, 0.25) is 0 Å². The maximum Gasteiger partial charge on any atom is 0.338 e. The van der Waals surface area contributed by atoms with Gasteiger partial charge in [-0.2, -0.15) is 0 Å². The average Bonchev–Trinajstić information content (AvgIpc) is 2.88. The molecule has 1 aliphatic carbocycles. The first kappa shape index (κ1) is 24.9. The Labute approximate surface area is 197 Å². The Morgan fingerprint density at radius 2 is 1.74 bits per heavy atom. The van der Waals surface area contributed by atoms with Crippen molar-refractivity contribution in [3.63, 3.8) is 0 Å². The van der Waals surface area contributed by atoms with Gasteiger partial charge in [-0.15, -0.1) is 0 Å². The Bertz CT molecular complexity index is 1100. The van der Waals surface area contributed by atoms with Gasteiger partial charge in [-0.1, -0.05) is 32.0 Å². The van der Waals surface area contributed by atoms with Gasteiger partial charge in [0.1, 0.15) is 12.2 Å². The highest BCUT2D eigenvalue weighted by molar-refractivity contribution is 5.89. The normalized spacial score (nSPS) is 21.9. The van der Waals surface area contributed by atoms with Crippen LogP contribution in [-0.2, 0) is 14.3 Å². The molecule has 0 spiro atoms. The molecule has 1 aliphatic rings. The van der Waals surface area contributed by atoms with Crippen molar-refractivity contribution < 1.29 is 29.1 Å². The summed E-state index contributed by atoms with van der Waals surface area (Å²) in [6.07, 6.45) is 2.17. The van der Waals surface area contributed by atoms with Crippen LogP contribution in [0.1, 0.15) is 43.1 Å². The monoisotopic (exact) mass is 465 g/mol. The molecule has 0 saturated heterocycles. The van der Waals surface area contributed by atoms with Crippen LogP contribution in [0.2, 0.25) is 0 Å². The predicted octanol–water partition coefficient (Wildman–Crippen LogP) is 4.48. The molecule has 2 aromatic rings. The summed E-state index contributed by atoms with van der Waals surface area (Å²) in [7, 11) is 0. The summed E-state index contributed by atoms with van der Waals surface area (Å²) < 4.78 is 11.2. The van der Waals surface area contributed by atoms with Crippen molar-refractivity contribution in [2.75, 3.05) is 0 Å². The smallest absolute Gasteiger partial charge is 0.338 e. The highest BCUT2D eigenvalue weighted by atomic mass is 16.6. The number of non-ortho nitro benzene ring substituents is 1. The molecule has 0 amide bonds. The number of hydrogen-bond donors (Lipinski definition) is 1. The fourth-order valence-electron chi connectivity index (χ4n) is 3.71. The van der Waals surface area contributed by atoms with E-state index in [2.05, 4.69) is 0 Å². The van der Waals surface area contributed by atoms with Crippen LogP contribution in [0, 0.1) is 15.5 Å². The van der Waals surface area contributed by atoms with Crippen molar-refractivity contribution in [1.29, 1.82) is 0 Å². The van der Waals surface area contributed by atoms with Gasteiger partial charge in [0.15, 0.2) is 0 Å². The second kappa shape index (κ2) is 10.4. The number of carbonyl (C=O) groups is 2. The Morgan fingerprint density at radius 3 is 2.35 bits per heavy atom. The molecule has 1 N–H and O–H groups in total. The fourth-order valence-corrected chi connectivity index (χ4v) is 3.71. The van der Waals surface area contributed by atoms with E-state index >= 15 is 0 Å². The van der Waals surface area contributed by atoms with Crippen LogP contribution in [-0.4, -0.2) is 40.3 Å². The van der Waals surface area contributed by atoms with E-state index in [0.717, 1.165) is 0 Å². The van der Waals surface area contributed by atoms with Crippen molar-refractivity contribution in [3.8, 4) is 0 Å². The molecule has 0 fully saturated rings. The summed E-state index contributed by atoms with van der Waals surface area (Å²) in [4.78, 5) is 35.2. The molecule has 0 aliphatic heterocycles. The molecule has 8 heteroatoms. The minimum Gasteiger partial charge on any atom is -0.455 e. The number of rotatable bonds is 6. The maximum atomic E-state index is 12.5. The molecule has 2 aromatic carbocycles. The first-order valence-electron chi connectivity index (χ1n) is 10.8. The van der Waals surface area contributed by atoms with Gasteiger partial charge >= 0.3 is 11.9 Å². The third kappa shape index (κ3) is 6.17. The molecule has 178 valence electrons. The topological polar surface area (TPSA) is 116 Å². The van der Waals surface area contributed by atoms with E-state index < -0.39 is 40.6 Å². The Hall–Kier alpha value is -3.78. The zero-order valence-electron chi connectivity index (χ0n) is 19.2. The van der Waals surface area contributed by atoms with Gasteiger partial charge in [0, 0.05) is 18.2 Å². The van der Waals surface area contributed by atoms with Crippen LogP contribution in [0.4, 0.5) is 5.69 Å². The number of aliphatic hydroxyl groups is 1. The average molecular weight is 466 g/mol. The summed E-state index contributed by atoms with van der Waals surface area (Å²) in [6, 6.07) is 14.3. The lowest BCUT2D eigenvalue weighted by molar-refractivity contribution is -0.384. The quantitative estimate of drug-likeness (QED) is 0.220. The molecule has 0 radical (unpaired) electrons. The van der Waals surface area contributed by atoms with E-state index in [1.807, 2.05) is 13.8 Å². The largest absolute Gasteiger partial charge is 0.455 e. The molecule has 34 heavy (non-hydrogen) atoms. The van der Waals surface area contributed by atoms with E-state index in [9.17, 15) is 24.8 Å². The van der Waals surface area contributed by atoms with Crippen LogP contribution in [0.5, 0.6) is 0 Å². The standard InChI is InChI=1S/C26H27NO7/c1-17-15-21(34-25(30)19-7-5-4-6-8-19)24(29)26(2,3)16-22(17)33-23(28)14-11-18-9-12-20(13-10-18)27(31)32/h4-15,21-22,24,29H,16H2,1-3H3/b14-11+. The van der Waals surface area contributed by atoms with Gasteiger partial charge in [-0.05, 0) is 66.3 Å². The number of nitro benzene ring substituents is 1. The molecule has 3 rings (SSSR count). The van der Waals surface area contributed by atoms with Gasteiger partial charge in [0.25, 0.3) is 5.69 Å². The van der Waals surface area contributed by atoms with Crippen LogP contribution in [0.15, 0.2) is 72.3 Å². The summed E-state index contributed by atoms with van der Waals surface area (Å²) in [6.45, 7) is 5.40. The number of aliphatic hydroxyl groups excluding tert-OH is 1. The maximum absolute atomic E-state index is 12.5. The van der Waals surface area contributed by atoms with Crippen molar-refractivity contribution >= 4 is 23.7 Å². The summed E-state index contributed by atoms with van der Waals surface area (Å²) in [5.74, 6) is -1.15. The zero-order valence-corrected chi connectivity index (χ0v) is 19.2. The molecule has 3 atom stereocenters. The number of benzene rings is 2. The zero-order chi connectivity index (χ0) is 24.9. The van der Waals surface area contributed by atoms with Crippen molar-refractivity contribution in [2.45, 2.75) is 45.5 Å². The van der Waals surface area contributed by atoms with Crippen molar-refractivity contribution in [3.05, 3.63) is 93.6 Å². The fraction of sp³-hybridized carbons (Fsp3) is 0.308. The van der Waals surface area contributed by atoms with Crippen LogP contribution < -0.4 is 0 Å². The van der Waals surface area contributed by atoms with E-state index in [1.165, 1.54) is 36.4 Å². The summed E-state index contributed by atoms with van der Waals surface area (Å²) in [5, 5.41) is 21.7. The lowest BCUT2D eigenvalue weighted by Gasteiger charge is -2.33. The number of nitro groups is 1. The van der Waals surface area contributed by atoms with Crippen molar-refractivity contribution in [2.24, 2.45) is 5.41 Å². The lowest BCUT2D eigenvalue weighted by Crippen LogP contribution is -2.41. The number of ether oxygens (including phenoxy) is 2. The van der Waals surface area contributed by atoms with Crippen LogP contribution in [0.3, 0.4) is 0 Å². The minimum atomic E-state index is -1.01. The number of hydrogen-bond acceptors (Lipinski definition) is 7. The molecule has 0 heterocycles. The SMILES string of the molecule is CC1=CC(OC(=O)c2ccccc2)C(O)C(C)(C)CC1OC(=O)/C=C/c1ccc([N+](=O)[O-])cc1. The Balaban J connectivity index is 1.71. The van der Waals surface area contributed by atoms with E-state index in [-0.39, 0.29) is 5.69 Å². The van der Waals surface area contributed by atoms with Gasteiger partial charge in [0.05, 0.1) is 16.6 Å². The molecule has 0 bridgehead atoms. The number of carbonyl (C=O) groups excluding carboxylic acids is 2. The Morgan fingerprint density at radius 1 is 1.09 bits per heavy atom. The van der Waals surface area contributed by atoms with Gasteiger partial charge < -0.3 is 14.6 Å². The van der Waals surface area contributed by atoms with E-state index in [1.54, 1.807) is 43.3 Å². The second-order valence-electron chi connectivity index (χ2n) is 8.89. The highest BCUT2D eigenvalue weighted by Gasteiger charge is 2.41. The first-order valence-corrected chi connectivity index (χ1v) is 10.8. The lowest BCUT2D eigenvalue weighted by atomic mass is 9.80. The van der Waals surface area contributed by atoms with Gasteiger partial charge in [-0.3, -0.25) is 10.1 Å². The molecular weight excluding hydrogens is 438 g/mol.